The van der Waals surface area contributed by atoms with Gasteiger partial charge in [0.2, 0.25) is 5.91 Å². The van der Waals surface area contributed by atoms with Gasteiger partial charge in [-0.25, -0.2) is 0 Å². The summed E-state index contributed by atoms with van der Waals surface area (Å²) in [6.07, 6.45) is 6.42. The van der Waals surface area contributed by atoms with Crippen LogP contribution in [-0.4, -0.2) is 11.1 Å². The van der Waals surface area contributed by atoms with E-state index in [0.717, 1.165) is 47.4 Å². The second-order valence-corrected chi connectivity index (χ2v) is 10.4. The highest BCUT2D eigenvalue weighted by atomic mass is 16.5. The maximum absolute atomic E-state index is 12.9. The van der Waals surface area contributed by atoms with Crippen LogP contribution in [0.25, 0.3) is 0 Å². The molecule has 5 heteroatoms. The molecule has 0 spiro atoms. The average molecular weight is 434 g/mol. The van der Waals surface area contributed by atoms with E-state index in [2.05, 4.69) is 36.5 Å². The van der Waals surface area contributed by atoms with Crippen LogP contribution in [0.2, 0.25) is 0 Å². The Balaban J connectivity index is 1.49. The van der Waals surface area contributed by atoms with E-state index in [1.165, 1.54) is 30.4 Å². The molecule has 1 aromatic heterocycles. The lowest BCUT2D eigenvalue weighted by Gasteiger charge is -2.35. The van der Waals surface area contributed by atoms with Gasteiger partial charge in [0.1, 0.15) is 5.76 Å². The van der Waals surface area contributed by atoms with Crippen LogP contribution < -0.4 is 5.32 Å². The summed E-state index contributed by atoms with van der Waals surface area (Å²) in [6, 6.07) is 8.27. The molecule has 1 heterocycles. The monoisotopic (exact) mass is 433 g/mol. The highest BCUT2D eigenvalue weighted by Crippen LogP contribution is 2.52. The van der Waals surface area contributed by atoms with E-state index in [9.17, 15) is 10.1 Å². The molecule has 1 N–H and O–H groups in total. The zero-order valence-electron chi connectivity index (χ0n) is 19.8. The van der Waals surface area contributed by atoms with Gasteiger partial charge in [0, 0.05) is 35.9 Å². The second-order valence-electron chi connectivity index (χ2n) is 10.4. The van der Waals surface area contributed by atoms with Crippen LogP contribution in [0.15, 0.2) is 22.7 Å². The standard InChI is InChI=1S/C27H35N3O2/c1-16(2)11-19-13-22(14-19)27-25(20-6-7-20)26(30-32-27)21(9-10-28)15-24(31)29-23-8-5-17(3)12-18(23)4/h5,8,12,16,19-22H,6-7,9,11,13-15H2,1-4H3,(H,29,31)/t19-,21-,22+/m0/s1. The SMILES string of the molecule is Cc1ccc(NC(=O)C[C@H](CC#N)c2noc([C@H]3C[C@@H](CC(C)C)C3)c2C2CC2)c(C)c1. The molecule has 1 aromatic carbocycles. The molecule has 0 bridgehead atoms. The Bertz CT molecular complexity index is 1010. The van der Waals surface area contributed by atoms with E-state index in [1.807, 2.05) is 26.0 Å². The molecule has 1 amide bonds. The minimum Gasteiger partial charge on any atom is -0.361 e. The van der Waals surface area contributed by atoms with Crippen LogP contribution in [-0.2, 0) is 4.79 Å². The van der Waals surface area contributed by atoms with Crippen molar-refractivity contribution in [2.45, 2.75) is 90.4 Å². The van der Waals surface area contributed by atoms with Crippen LogP contribution in [0.5, 0.6) is 0 Å². The van der Waals surface area contributed by atoms with Crippen molar-refractivity contribution in [3.05, 3.63) is 46.3 Å². The number of hydrogen-bond acceptors (Lipinski definition) is 4. The molecule has 2 aliphatic rings. The fourth-order valence-corrected chi connectivity index (χ4v) is 5.26. The summed E-state index contributed by atoms with van der Waals surface area (Å²) in [5.41, 5.74) is 5.10. The Hall–Kier alpha value is -2.61. The number of anilines is 1. The number of aryl methyl sites for hydroxylation is 2. The Labute approximate surface area is 191 Å². The third-order valence-electron chi connectivity index (χ3n) is 6.99. The zero-order chi connectivity index (χ0) is 22.8. The topological polar surface area (TPSA) is 78.9 Å². The normalized spacial score (nSPS) is 21.1. The highest BCUT2D eigenvalue weighted by Gasteiger charge is 2.41. The molecule has 170 valence electrons. The Morgan fingerprint density at radius 2 is 2.00 bits per heavy atom. The van der Waals surface area contributed by atoms with Crippen molar-refractivity contribution in [3.63, 3.8) is 0 Å². The number of rotatable bonds is 9. The predicted octanol–water partition coefficient (Wildman–Crippen LogP) is 6.73. The lowest BCUT2D eigenvalue weighted by atomic mass is 9.69. The molecule has 32 heavy (non-hydrogen) atoms. The van der Waals surface area contributed by atoms with Gasteiger partial charge in [-0.15, -0.1) is 0 Å². The summed E-state index contributed by atoms with van der Waals surface area (Å²) in [7, 11) is 0. The number of carbonyl (C=O) groups is 1. The van der Waals surface area contributed by atoms with E-state index in [0.29, 0.717) is 11.8 Å². The highest BCUT2D eigenvalue weighted by molar-refractivity contribution is 5.92. The van der Waals surface area contributed by atoms with Crippen molar-refractivity contribution in [1.82, 2.24) is 5.16 Å². The molecule has 0 unspecified atom stereocenters. The molecule has 2 aromatic rings. The number of aromatic nitrogens is 1. The second kappa shape index (κ2) is 9.48. The minimum atomic E-state index is -0.231. The molecule has 2 fully saturated rings. The van der Waals surface area contributed by atoms with E-state index in [1.54, 1.807) is 0 Å². The van der Waals surface area contributed by atoms with Crippen LogP contribution in [0.1, 0.15) is 105 Å². The summed E-state index contributed by atoms with van der Waals surface area (Å²) in [5, 5.41) is 17.0. The van der Waals surface area contributed by atoms with Gasteiger partial charge in [-0.2, -0.15) is 5.26 Å². The number of nitriles is 1. The summed E-state index contributed by atoms with van der Waals surface area (Å²) in [6.45, 7) is 8.60. The first kappa shape index (κ1) is 22.6. The molecule has 5 nitrogen and oxygen atoms in total. The smallest absolute Gasteiger partial charge is 0.225 e. The third kappa shape index (κ3) is 5.06. The fourth-order valence-electron chi connectivity index (χ4n) is 5.26. The first-order valence-electron chi connectivity index (χ1n) is 12.1. The number of nitrogens with one attached hydrogen (secondary N) is 1. The van der Waals surface area contributed by atoms with Gasteiger partial charge < -0.3 is 9.84 Å². The maximum Gasteiger partial charge on any atom is 0.225 e. The van der Waals surface area contributed by atoms with E-state index >= 15 is 0 Å². The van der Waals surface area contributed by atoms with Crippen LogP contribution in [0.3, 0.4) is 0 Å². The third-order valence-corrected chi connectivity index (χ3v) is 6.99. The molecule has 1 atom stereocenters. The lowest BCUT2D eigenvalue weighted by molar-refractivity contribution is -0.116. The first-order chi connectivity index (χ1) is 15.4. The Morgan fingerprint density at radius 3 is 2.62 bits per heavy atom. The number of hydrogen-bond donors (Lipinski definition) is 1. The van der Waals surface area contributed by atoms with Crippen molar-refractivity contribution in [1.29, 1.82) is 5.26 Å². The lowest BCUT2D eigenvalue weighted by Crippen LogP contribution is -2.23. The molecule has 0 saturated heterocycles. The zero-order valence-corrected chi connectivity index (χ0v) is 19.8. The van der Waals surface area contributed by atoms with Gasteiger partial charge in [0.25, 0.3) is 0 Å². The molecule has 2 aliphatic carbocycles. The first-order valence-corrected chi connectivity index (χ1v) is 12.1. The molecule has 0 aliphatic heterocycles. The van der Waals surface area contributed by atoms with Crippen LogP contribution in [0.4, 0.5) is 5.69 Å². The molecule has 4 rings (SSSR count). The summed E-state index contributed by atoms with van der Waals surface area (Å²) in [4.78, 5) is 12.9. The van der Waals surface area contributed by atoms with E-state index < -0.39 is 0 Å². The molecular formula is C27H35N3O2. The van der Waals surface area contributed by atoms with Crippen molar-refractivity contribution in [2.75, 3.05) is 5.32 Å². The van der Waals surface area contributed by atoms with Crippen molar-refractivity contribution >= 4 is 11.6 Å². The van der Waals surface area contributed by atoms with Crippen molar-refractivity contribution in [3.8, 4) is 6.07 Å². The number of nitrogens with zero attached hydrogens (tertiary/aromatic N) is 2. The summed E-state index contributed by atoms with van der Waals surface area (Å²) in [5.74, 6) is 3.17. The van der Waals surface area contributed by atoms with Crippen molar-refractivity contribution < 1.29 is 9.32 Å². The largest absolute Gasteiger partial charge is 0.361 e. The van der Waals surface area contributed by atoms with Crippen LogP contribution >= 0.6 is 0 Å². The van der Waals surface area contributed by atoms with Gasteiger partial charge in [0.05, 0.1) is 11.8 Å². The van der Waals surface area contributed by atoms with Gasteiger partial charge >= 0.3 is 0 Å². The van der Waals surface area contributed by atoms with Gasteiger partial charge in [-0.1, -0.05) is 36.7 Å². The Morgan fingerprint density at radius 1 is 1.25 bits per heavy atom. The van der Waals surface area contributed by atoms with E-state index in [-0.39, 0.29) is 24.7 Å². The van der Waals surface area contributed by atoms with E-state index in [4.69, 9.17) is 4.52 Å². The summed E-state index contributed by atoms with van der Waals surface area (Å²) < 4.78 is 5.92. The van der Waals surface area contributed by atoms with Gasteiger partial charge in [-0.05, 0) is 75.3 Å². The van der Waals surface area contributed by atoms with Crippen LogP contribution in [0, 0.1) is 37.0 Å². The summed E-state index contributed by atoms with van der Waals surface area (Å²) >= 11 is 0. The molecule has 2 saturated carbocycles. The fraction of sp³-hybridized carbons (Fsp3) is 0.593. The minimum absolute atomic E-state index is 0.0795. The number of amides is 1. The number of benzene rings is 1. The predicted molar refractivity (Wildman–Crippen MR) is 126 cm³/mol. The maximum atomic E-state index is 12.9. The molecular weight excluding hydrogens is 398 g/mol. The Kier molecular flexibility index (Phi) is 6.69. The van der Waals surface area contributed by atoms with Crippen molar-refractivity contribution in [2.24, 2.45) is 11.8 Å². The van der Waals surface area contributed by atoms with Gasteiger partial charge in [-0.3, -0.25) is 4.79 Å². The average Bonchev–Trinajstić information content (AvgIpc) is 3.45. The number of carbonyl (C=O) groups excluding carboxylic acids is 1. The van der Waals surface area contributed by atoms with Gasteiger partial charge in [0.15, 0.2) is 0 Å². The molecule has 0 radical (unpaired) electrons. The quantitative estimate of drug-likeness (QED) is 0.475.